The topological polar surface area (TPSA) is 84.2 Å². The van der Waals surface area contributed by atoms with Crippen molar-refractivity contribution in [3.05, 3.63) is 77.6 Å². The lowest BCUT2D eigenvalue weighted by atomic mass is 10.1. The number of sulfonamides is 1. The number of nitrogens with one attached hydrogen (secondary N) is 1. The summed E-state index contributed by atoms with van der Waals surface area (Å²) in [6, 6.07) is 15.2. The zero-order chi connectivity index (χ0) is 18.1. The van der Waals surface area contributed by atoms with E-state index in [1.807, 2.05) is 36.4 Å². The van der Waals surface area contributed by atoms with E-state index in [4.69, 9.17) is 0 Å². The van der Waals surface area contributed by atoms with Crippen molar-refractivity contribution in [3.8, 4) is 0 Å². The highest BCUT2D eigenvalue weighted by Gasteiger charge is 2.25. The largest absolute Gasteiger partial charge is 0.392 e. The summed E-state index contributed by atoms with van der Waals surface area (Å²) in [4.78, 5) is 0.115. The predicted octanol–water partition coefficient (Wildman–Crippen LogP) is 2.19. The van der Waals surface area contributed by atoms with Crippen LogP contribution in [0.3, 0.4) is 0 Å². The van der Waals surface area contributed by atoms with Gasteiger partial charge in [0.2, 0.25) is 0 Å². The molecule has 134 valence electrons. The lowest BCUT2D eigenvalue weighted by Gasteiger charge is -2.11. The summed E-state index contributed by atoms with van der Waals surface area (Å²) in [5.74, 6) is 0. The number of anilines is 1. The molecule has 1 aliphatic carbocycles. The SMILES string of the molecule is O=S(=O)(Nc1cccc2c1C[C@@H](O)C2)c1cnn(Cc2ccccc2)c1. The van der Waals surface area contributed by atoms with Gasteiger partial charge in [-0.3, -0.25) is 9.40 Å². The smallest absolute Gasteiger partial charge is 0.265 e. The van der Waals surface area contributed by atoms with Gasteiger partial charge in [0.05, 0.1) is 24.5 Å². The Morgan fingerprint density at radius 1 is 1.12 bits per heavy atom. The third-order valence-electron chi connectivity index (χ3n) is 4.52. The molecule has 26 heavy (non-hydrogen) atoms. The van der Waals surface area contributed by atoms with E-state index in [1.54, 1.807) is 16.8 Å². The minimum Gasteiger partial charge on any atom is -0.392 e. The van der Waals surface area contributed by atoms with Gasteiger partial charge in [-0.1, -0.05) is 42.5 Å². The number of aliphatic hydroxyl groups is 1. The van der Waals surface area contributed by atoms with Gasteiger partial charge in [-0.25, -0.2) is 8.42 Å². The Morgan fingerprint density at radius 3 is 2.73 bits per heavy atom. The van der Waals surface area contributed by atoms with Gasteiger partial charge in [0.1, 0.15) is 4.90 Å². The van der Waals surface area contributed by atoms with E-state index in [2.05, 4.69) is 9.82 Å². The van der Waals surface area contributed by atoms with Crippen molar-refractivity contribution in [1.82, 2.24) is 9.78 Å². The summed E-state index contributed by atoms with van der Waals surface area (Å²) < 4.78 is 29.7. The molecule has 7 heteroatoms. The second-order valence-corrected chi connectivity index (χ2v) is 8.15. The molecule has 1 atom stereocenters. The van der Waals surface area contributed by atoms with Crippen LogP contribution >= 0.6 is 0 Å². The Hall–Kier alpha value is -2.64. The van der Waals surface area contributed by atoms with Crippen molar-refractivity contribution in [2.45, 2.75) is 30.4 Å². The average molecular weight is 369 g/mol. The fraction of sp³-hybridized carbons (Fsp3) is 0.211. The van der Waals surface area contributed by atoms with E-state index in [9.17, 15) is 13.5 Å². The Morgan fingerprint density at radius 2 is 1.92 bits per heavy atom. The first-order valence-corrected chi connectivity index (χ1v) is 9.87. The molecule has 3 aromatic rings. The predicted molar refractivity (Wildman–Crippen MR) is 98.4 cm³/mol. The summed E-state index contributed by atoms with van der Waals surface area (Å²) in [5.41, 5.74) is 3.41. The quantitative estimate of drug-likeness (QED) is 0.722. The Kier molecular flexibility index (Phi) is 4.26. The van der Waals surface area contributed by atoms with Crippen molar-refractivity contribution >= 4 is 15.7 Å². The number of benzene rings is 2. The molecule has 0 saturated heterocycles. The molecular weight excluding hydrogens is 350 g/mol. The van der Waals surface area contributed by atoms with Crippen LogP contribution in [0.1, 0.15) is 16.7 Å². The molecule has 6 nitrogen and oxygen atoms in total. The zero-order valence-corrected chi connectivity index (χ0v) is 14.9. The molecule has 4 rings (SSSR count). The number of hydrogen-bond acceptors (Lipinski definition) is 4. The van der Waals surface area contributed by atoms with Crippen LogP contribution in [0.4, 0.5) is 5.69 Å². The van der Waals surface area contributed by atoms with Crippen LogP contribution in [0, 0.1) is 0 Å². The number of nitrogens with zero attached hydrogens (tertiary/aromatic N) is 2. The lowest BCUT2D eigenvalue weighted by molar-refractivity contribution is 0.187. The monoisotopic (exact) mass is 369 g/mol. The Bertz CT molecular complexity index is 1030. The molecular formula is C19H19N3O3S. The molecule has 0 unspecified atom stereocenters. The highest BCUT2D eigenvalue weighted by molar-refractivity contribution is 7.92. The van der Waals surface area contributed by atoms with E-state index in [-0.39, 0.29) is 4.90 Å². The maximum absolute atomic E-state index is 12.7. The minimum atomic E-state index is -3.74. The first kappa shape index (κ1) is 16.8. The summed E-state index contributed by atoms with van der Waals surface area (Å²) in [5, 5.41) is 14.0. The van der Waals surface area contributed by atoms with Gasteiger partial charge >= 0.3 is 0 Å². The van der Waals surface area contributed by atoms with Gasteiger partial charge in [-0.15, -0.1) is 0 Å². The van der Waals surface area contributed by atoms with Gasteiger partial charge in [0.25, 0.3) is 10.0 Å². The van der Waals surface area contributed by atoms with E-state index >= 15 is 0 Å². The van der Waals surface area contributed by atoms with E-state index in [0.717, 1.165) is 16.7 Å². The third-order valence-corrected chi connectivity index (χ3v) is 5.84. The van der Waals surface area contributed by atoms with Gasteiger partial charge in [0.15, 0.2) is 0 Å². The van der Waals surface area contributed by atoms with Gasteiger partial charge < -0.3 is 5.11 Å². The molecule has 1 aliphatic rings. The molecule has 0 aliphatic heterocycles. The van der Waals surface area contributed by atoms with Gasteiger partial charge in [0, 0.05) is 12.6 Å². The molecule has 1 aromatic heterocycles. The number of hydrogen-bond donors (Lipinski definition) is 2. The number of fused-ring (bicyclic) bond motifs is 1. The van der Waals surface area contributed by atoms with Crippen LogP contribution in [0.2, 0.25) is 0 Å². The normalized spacial score (nSPS) is 16.4. The van der Waals surface area contributed by atoms with Gasteiger partial charge in [-0.05, 0) is 29.2 Å². The molecule has 0 bridgehead atoms. The second kappa shape index (κ2) is 6.59. The van der Waals surface area contributed by atoms with Crippen molar-refractivity contribution < 1.29 is 13.5 Å². The first-order chi connectivity index (χ1) is 12.5. The lowest BCUT2D eigenvalue weighted by Crippen LogP contribution is -2.14. The maximum Gasteiger partial charge on any atom is 0.265 e. The maximum atomic E-state index is 12.7. The van der Waals surface area contributed by atoms with Crippen molar-refractivity contribution in [2.75, 3.05) is 4.72 Å². The molecule has 2 N–H and O–H groups in total. The van der Waals surface area contributed by atoms with Crippen LogP contribution in [-0.4, -0.2) is 29.4 Å². The molecule has 0 fully saturated rings. The summed E-state index contributed by atoms with van der Waals surface area (Å²) in [6.07, 6.45) is 3.43. The van der Waals surface area contributed by atoms with Crippen LogP contribution in [0.25, 0.3) is 0 Å². The fourth-order valence-corrected chi connectivity index (χ4v) is 4.31. The fourth-order valence-electron chi connectivity index (χ4n) is 3.27. The number of aliphatic hydroxyl groups excluding tert-OH is 1. The van der Waals surface area contributed by atoms with Crippen LogP contribution in [-0.2, 0) is 29.4 Å². The van der Waals surface area contributed by atoms with Crippen molar-refractivity contribution in [2.24, 2.45) is 0 Å². The molecule has 0 spiro atoms. The number of aromatic nitrogens is 2. The van der Waals surface area contributed by atoms with Crippen LogP contribution < -0.4 is 4.72 Å². The zero-order valence-electron chi connectivity index (χ0n) is 14.0. The summed E-state index contributed by atoms with van der Waals surface area (Å²) >= 11 is 0. The van der Waals surface area contributed by atoms with E-state index in [0.29, 0.717) is 25.1 Å². The molecule has 0 amide bonds. The Balaban J connectivity index is 1.56. The summed E-state index contributed by atoms with van der Waals surface area (Å²) in [6.45, 7) is 0.503. The third kappa shape index (κ3) is 3.36. The highest BCUT2D eigenvalue weighted by Crippen LogP contribution is 2.30. The van der Waals surface area contributed by atoms with Gasteiger partial charge in [-0.2, -0.15) is 5.10 Å². The van der Waals surface area contributed by atoms with Crippen LogP contribution in [0.15, 0.2) is 65.8 Å². The average Bonchev–Trinajstić information content (AvgIpc) is 3.22. The molecule has 1 heterocycles. The van der Waals surface area contributed by atoms with Crippen molar-refractivity contribution in [3.63, 3.8) is 0 Å². The van der Waals surface area contributed by atoms with Crippen LogP contribution in [0.5, 0.6) is 0 Å². The highest BCUT2D eigenvalue weighted by atomic mass is 32.2. The standard InChI is InChI=1S/C19H19N3O3S/c23-16-9-15-7-4-8-19(18(15)10-16)21-26(24,25)17-11-20-22(13-17)12-14-5-2-1-3-6-14/h1-8,11,13,16,21,23H,9-10,12H2/t16-/m0/s1. The summed E-state index contributed by atoms with van der Waals surface area (Å²) in [7, 11) is -3.74. The Labute approximate surface area is 152 Å². The second-order valence-electron chi connectivity index (χ2n) is 6.47. The van der Waals surface area contributed by atoms with E-state index in [1.165, 1.54) is 12.4 Å². The molecule has 0 radical (unpaired) electrons. The van der Waals surface area contributed by atoms with Crippen molar-refractivity contribution in [1.29, 1.82) is 0 Å². The number of rotatable bonds is 5. The minimum absolute atomic E-state index is 0.115. The first-order valence-electron chi connectivity index (χ1n) is 8.39. The molecule has 2 aromatic carbocycles. The van der Waals surface area contributed by atoms with E-state index < -0.39 is 16.1 Å². The molecule has 0 saturated carbocycles.